The smallest absolute Gasteiger partial charge is 0.228 e. The summed E-state index contributed by atoms with van der Waals surface area (Å²) in [6, 6.07) is 0.580. The maximum absolute atomic E-state index is 5.28. The maximum atomic E-state index is 5.28. The average Bonchev–Trinajstić information content (AvgIpc) is 2.78. The molecule has 1 aromatic heterocycles. The molecule has 1 unspecified atom stereocenters. The number of piperidine rings is 1. The van der Waals surface area contributed by atoms with E-state index in [1.165, 1.54) is 25.8 Å². The largest absolute Gasteiger partial charge is 0.339 e. The molecule has 0 spiro atoms. The number of likely N-dealkylation sites (tertiary alicyclic amines) is 1. The highest BCUT2D eigenvalue weighted by molar-refractivity contribution is 4.91. The van der Waals surface area contributed by atoms with Gasteiger partial charge in [0.05, 0.1) is 6.54 Å². The van der Waals surface area contributed by atoms with Crippen molar-refractivity contribution in [2.24, 2.45) is 0 Å². The summed E-state index contributed by atoms with van der Waals surface area (Å²) >= 11 is 0. The van der Waals surface area contributed by atoms with Gasteiger partial charge in [-0.1, -0.05) is 18.5 Å². The van der Waals surface area contributed by atoms with Crippen molar-refractivity contribution in [2.45, 2.75) is 45.2 Å². The summed E-state index contributed by atoms with van der Waals surface area (Å²) in [6.45, 7) is 5.21. The van der Waals surface area contributed by atoms with Crippen LogP contribution in [0, 0.1) is 0 Å². The minimum Gasteiger partial charge on any atom is -0.339 e. The van der Waals surface area contributed by atoms with Crippen LogP contribution in [0.4, 0.5) is 0 Å². The van der Waals surface area contributed by atoms with Crippen molar-refractivity contribution in [3.63, 3.8) is 0 Å². The SMILES string of the molecule is CCN1CCCCC1Cc1nc(CNC)no1. The number of hydrogen-bond donors (Lipinski definition) is 1. The molecule has 5 nitrogen and oxygen atoms in total. The molecule has 1 saturated heterocycles. The Morgan fingerprint density at radius 1 is 1.47 bits per heavy atom. The minimum atomic E-state index is 0.580. The Labute approximate surface area is 103 Å². The van der Waals surface area contributed by atoms with Gasteiger partial charge in [-0.25, -0.2) is 0 Å². The molecule has 0 aromatic carbocycles. The maximum Gasteiger partial charge on any atom is 0.228 e. The van der Waals surface area contributed by atoms with E-state index in [1.54, 1.807) is 0 Å². The molecule has 17 heavy (non-hydrogen) atoms. The molecule has 0 radical (unpaired) electrons. The van der Waals surface area contributed by atoms with E-state index < -0.39 is 0 Å². The molecule has 96 valence electrons. The molecule has 0 amide bonds. The van der Waals surface area contributed by atoms with Crippen molar-refractivity contribution in [1.82, 2.24) is 20.4 Å². The molecule has 0 saturated carbocycles. The van der Waals surface area contributed by atoms with Crippen molar-refractivity contribution in [3.05, 3.63) is 11.7 Å². The summed E-state index contributed by atoms with van der Waals surface area (Å²) in [4.78, 5) is 6.92. The fraction of sp³-hybridized carbons (Fsp3) is 0.833. The van der Waals surface area contributed by atoms with Crippen molar-refractivity contribution < 1.29 is 4.52 Å². The third-order valence-corrected chi connectivity index (χ3v) is 3.41. The van der Waals surface area contributed by atoms with Crippen LogP contribution in [0.2, 0.25) is 0 Å². The lowest BCUT2D eigenvalue weighted by molar-refractivity contribution is 0.146. The van der Waals surface area contributed by atoms with Crippen LogP contribution in [0.1, 0.15) is 37.9 Å². The summed E-state index contributed by atoms with van der Waals surface area (Å²) in [7, 11) is 1.88. The first-order chi connectivity index (χ1) is 8.33. The molecule has 1 atom stereocenters. The van der Waals surface area contributed by atoms with Gasteiger partial charge in [0.1, 0.15) is 0 Å². The Bertz CT molecular complexity index is 339. The zero-order valence-corrected chi connectivity index (χ0v) is 10.8. The van der Waals surface area contributed by atoms with Gasteiger partial charge in [-0.05, 0) is 33.0 Å². The van der Waals surface area contributed by atoms with Gasteiger partial charge < -0.3 is 14.7 Å². The Hall–Kier alpha value is -0.940. The van der Waals surface area contributed by atoms with Gasteiger partial charge in [0.2, 0.25) is 5.89 Å². The summed E-state index contributed by atoms with van der Waals surface area (Å²) in [5.41, 5.74) is 0. The fourth-order valence-electron chi connectivity index (χ4n) is 2.51. The number of rotatable bonds is 5. The minimum absolute atomic E-state index is 0.580. The lowest BCUT2D eigenvalue weighted by Crippen LogP contribution is -2.40. The topological polar surface area (TPSA) is 54.2 Å². The number of nitrogens with one attached hydrogen (secondary N) is 1. The predicted octanol–water partition coefficient (Wildman–Crippen LogP) is 1.21. The van der Waals surface area contributed by atoms with E-state index in [0.29, 0.717) is 12.6 Å². The van der Waals surface area contributed by atoms with Gasteiger partial charge in [0.15, 0.2) is 5.82 Å². The quantitative estimate of drug-likeness (QED) is 0.835. The van der Waals surface area contributed by atoms with E-state index in [-0.39, 0.29) is 0 Å². The van der Waals surface area contributed by atoms with E-state index in [0.717, 1.165) is 24.7 Å². The highest BCUT2D eigenvalue weighted by atomic mass is 16.5. The summed E-state index contributed by atoms with van der Waals surface area (Å²) in [6.07, 6.45) is 4.78. The normalized spacial score (nSPS) is 21.9. The zero-order valence-electron chi connectivity index (χ0n) is 10.8. The van der Waals surface area contributed by atoms with Crippen LogP contribution in [0.25, 0.3) is 0 Å². The predicted molar refractivity (Wildman–Crippen MR) is 65.7 cm³/mol. The second-order valence-corrected chi connectivity index (χ2v) is 4.62. The van der Waals surface area contributed by atoms with E-state index in [9.17, 15) is 0 Å². The molecular weight excluding hydrogens is 216 g/mol. The number of hydrogen-bond acceptors (Lipinski definition) is 5. The van der Waals surface area contributed by atoms with Crippen LogP contribution in [0.5, 0.6) is 0 Å². The summed E-state index contributed by atoms with van der Waals surface area (Å²) in [5, 5.41) is 6.98. The van der Waals surface area contributed by atoms with Crippen LogP contribution < -0.4 is 5.32 Å². The fourth-order valence-corrected chi connectivity index (χ4v) is 2.51. The van der Waals surface area contributed by atoms with Crippen LogP contribution in [-0.2, 0) is 13.0 Å². The van der Waals surface area contributed by atoms with Gasteiger partial charge in [0.25, 0.3) is 0 Å². The monoisotopic (exact) mass is 238 g/mol. The Balaban J connectivity index is 1.93. The van der Waals surface area contributed by atoms with Crippen LogP contribution in [-0.4, -0.2) is 41.2 Å². The van der Waals surface area contributed by atoms with Gasteiger partial charge in [-0.2, -0.15) is 4.98 Å². The van der Waals surface area contributed by atoms with E-state index in [1.807, 2.05) is 7.05 Å². The first-order valence-corrected chi connectivity index (χ1v) is 6.53. The van der Waals surface area contributed by atoms with E-state index >= 15 is 0 Å². The third kappa shape index (κ3) is 3.26. The lowest BCUT2D eigenvalue weighted by Gasteiger charge is -2.33. The van der Waals surface area contributed by atoms with Gasteiger partial charge >= 0.3 is 0 Å². The molecular formula is C12H22N4O. The molecule has 1 fully saturated rings. The molecule has 0 aliphatic carbocycles. The molecule has 5 heteroatoms. The Kier molecular flexibility index (Phi) is 4.50. The van der Waals surface area contributed by atoms with Gasteiger partial charge in [0, 0.05) is 12.5 Å². The van der Waals surface area contributed by atoms with E-state index in [4.69, 9.17) is 4.52 Å². The van der Waals surface area contributed by atoms with Crippen molar-refractivity contribution in [2.75, 3.05) is 20.1 Å². The molecule has 2 rings (SSSR count). The first-order valence-electron chi connectivity index (χ1n) is 6.53. The number of aromatic nitrogens is 2. The van der Waals surface area contributed by atoms with Gasteiger partial charge in [-0.3, -0.25) is 0 Å². The van der Waals surface area contributed by atoms with Crippen molar-refractivity contribution >= 4 is 0 Å². The van der Waals surface area contributed by atoms with Crippen LogP contribution in [0.15, 0.2) is 4.52 Å². The van der Waals surface area contributed by atoms with E-state index in [2.05, 4.69) is 27.3 Å². The van der Waals surface area contributed by atoms with Crippen molar-refractivity contribution in [3.8, 4) is 0 Å². The second-order valence-electron chi connectivity index (χ2n) is 4.62. The summed E-state index contributed by atoms with van der Waals surface area (Å²) < 4.78 is 5.28. The number of likely N-dealkylation sites (N-methyl/N-ethyl adjacent to an activating group) is 1. The molecule has 1 aliphatic heterocycles. The Morgan fingerprint density at radius 2 is 2.35 bits per heavy atom. The third-order valence-electron chi connectivity index (χ3n) is 3.41. The highest BCUT2D eigenvalue weighted by Crippen LogP contribution is 2.19. The van der Waals surface area contributed by atoms with Gasteiger partial charge in [-0.15, -0.1) is 0 Å². The van der Waals surface area contributed by atoms with Crippen molar-refractivity contribution in [1.29, 1.82) is 0 Å². The first kappa shape index (κ1) is 12.5. The summed E-state index contributed by atoms with van der Waals surface area (Å²) in [5.74, 6) is 1.53. The molecule has 0 bridgehead atoms. The standard InChI is InChI=1S/C12H22N4O/c1-3-16-7-5-4-6-10(16)8-12-14-11(9-13-2)15-17-12/h10,13H,3-9H2,1-2H3. The molecule has 1 aromatic rings. The average molecular weight is 238 g/mol. The molecule has 1 aliphatic rings. The van der Waals surface area contributed by atoms with Crippen LogP contribution >= 0.6 is 0 Å². The lowest BCUT2D eigenvalue weighted by atomic mass is 9.99. The Morgan fingerprint density at radius 3 is 3.12 bits per heavy atom. The zero-order chi connectivity index (χ0) is 12.1. The number of nitrogens with zero attached hydrogens (tertiary/aromatic N) is 3. The highest BCUT2D eigenvalue weighted by Gasteiger charge is 2.23. The molecule has 1 N–H and O–H groups in total. The second kappa shape index (κ2) is 6.12. The molecule has 2 heterocycles. The van der Waals surface area contributed by atoms with Crippen LogP contribution in [0.3, 0.4) is 0 Å².